The Morgan fingerprint density at radius 3 is 0.590 bits per heavy atom. The third kappa shape index (κ3) is 37.8. The van der Waals surface area contributed by atoms with E-state index in [0.29, 0.717) is 32.5 Å². The summed E-state index contributed by atoms with van der Waals surface area (Å²) in [4.78, 5) is 142. The van der Waals surface area contributed by atoms with Gasteiger partial charge in [-0.15, -0.1) is 0 Å². The van der Waals surface area contributed by atoms with Crippen LogP contribution in [0, 0.1) is 0 Å². The molecule has 0 bridgehead atoms. The molecule has 0 spiro atoms. The fraction of sp³-hybridized carbons (Fsp3) is 0.527. The molecule has 8 N–H and O–H groups in total. The van der Waals surface area contributed by atoms with Gasteiger partial charge in [-0.05, 0) is 80.6 Å². The molecule has 7 rings (SSSR count). The molecule has 0 aliphatic rings. The first-order valence-corrected chi connectivity index (χ1v) is 43.4. The SMILES string of the molecule is CCCCCCCCCCOc1cc(C(=O)Nc2cccc(NC(=O)CCCCCCCCC)n2)nc(C(=O)Nc2cccc(NC(=O)c3cc(OCCCCCCCCCC)cc(C(=O)Nc4cccc(NC(=O)c5cc(OCCCCCCCCCC)cc(C(=O)Nc6cccc(NC(=O)CCCCCCCCC)n6)n5)n4)n3)n2)c1. The molecule has 117 heavy (non-hydrogen) atoms. The summed E-state index contributed by atoms with van der Waals surface area (Å²) in [6, 6.07) is 27.5. The Balaban J connectivity index is 1.05. The summed E-state index contributed by atoms with van der Waals surface area (Å²) in [5.74, 6) is -3.26. The standard InChI is InChI=1S/C91H127N15O11/c1-6-11-16-21-26-31-36-41-58-115-67-61-70(86(109)101-78-50-44-48-76(95-78)99-84(107)56-39-34-29-24-19-14-9-4)92-72(63-67)88(111)103-80-52-46-54-82(97-80)105-90(113)74-65-69(117-60-43-38-33-28-23-18-13-8-3)66-75(94-74)91(114)106-83-55-47-53-81(98-83)104-89(112)73-64-68(116-59-42-37-32-27-22-17-12-7-2)62-71(93-73)87(110)102-79-51-45-49-77(96-79)100-85(108)57-40-35-30-25-20-15-10-5/h44-55,61-66H,6-43,56-60H2,1-5H3,(H2,95,99,101,107,109)(H2,96,100,102,108,110)(H2,97,103,105,111,113)(H2,98,104,106,112,114). The largest absolute Gasteiger partial charge is 0.493 e. The monoisotopic (exact) mass is 1610 g/mol. The topological polar surface area (TPSA) is 351 Å². The van der Waals surface area contributed by atoms with Crippen molar-refractivity contribution in [3.63, 3.8) is 0 Å². The number of carbonyl (C=O) groups excluding carboxylic acids is 8. The minimum Gasteiger partial charge on any atom is -0.493 e. The maximum absolute atomic E-state index is 14.4. The molecule has 0 radical (unpaired) electrons. The highest BCUT2D eigenvalue weighted by atomic mass is 16.5. The number of ether oxygens (including phenoxy) is 3. The van der Waals surface area contributed by atoms with Gasteiger partial charge in [-0.25, -0.2) is 34.9 Å². The van der Waals surface area contributed by atoms with E-state index in [4.69, 9.17) is 14.2 Å². The third-order valence-corrected chi connectivity index (χ3v) is 19.6. The van der Waals surface area contributed by atoms with E-state index in [1.165, 1.54) is 163 Å². The molecule has 0 aliphatic carbocycles. The third-order valence-electron chi connectivity index (χ3n) is 19.6. The van der Waals surface area contributed by atoms with Gasteiger partial charge >= 0.3 is 0 Å². The van der Waals surface area contributed by atoms with E-state index in [1.807, 2.05) is 0 Å². The summed E-state index contributed by atoms with van der Waals surface area (Å²) >= 11 is 0. The van der Waals surface area contributed by atoms with Crippen molar-refractivity contribution in [1.82, 2.24) is 34.9 Å². The molecule has 0 unspecified atom stereocenters. The Morgan fingerprint density at radius 2 is 0.393 bits per heavy atom. The summed E-state index contributed by atoms with van der Waals surface area (Å²) < 4.78 is 18.6. The fourth-order valence-corrected chi connectivity index (χ4v) is 13.0. The van der Waals surface area contributed by atoms with E-state index in [0.717, 1.165) is 135 Å². The van der Waals surface area contributed by atoms with Gasteiger partial charge in [0.2, 0.25) is 11.8 Å². The normalized spacial score (nSPS) is 11.0. The van der Waals surface area contributed by atoms with Gasteiger partial charge < -0.3 is 56.7 Å². The van der Waals surface area contributed by atoms with Crippen molar-refractivity contribution in [2.45, 2.75) is 291 Å². The maximum Gasteiger partial charge on any atom is 0.275 e. The molecule has 7 aromatic heterocycles. The lowest BCUT2D eigenvalue weighted by Gasteiger charge is -2.13. The highest BCUT2D eigenvalue weighted by Gasteiger charge is 2.23. The Bertz CT molecular complexity index is 3950. The second-order valence-electron chi connectivity index (χ2n) is 29.9. The van der Waals surface area contributed by atoms with Gasteiger partial charge in [-0.3, -0.25) is 38.4 Å². The van der Waals surface area contributed by atoms with Crippen LogP contribution in [-0.2, 0) is 9.59 Å². The molecule has 0 fully saturated rings. The molecule has 632 valence electrons. The molecule has 26 heteroatoms. The molecule has 0 saturated carbocycles. The van der Waals surface area contributed by atoms with Crippen molar-refractivity contribution in [3.8, 4) is 17.2 Å². The second-order valence-corrected chi connectivity index (χ2v) is 29.9. The maximum atomic E-state index is 14.4. The number of amides is 8. The molecule has 0 saturated heterocycles. The number of unbranched alkanes of at least 4 members (excludes halogenated alkanes) is 33. The van der Waals surface area contributed by atoms with E-state index >= 15 is 0 Å². The predicted molar refractivity (Wildman–Crippen MR) is 464 cm³/mol. The lowest BCUT2D eigenvalue weighted by molar-refractivity contribution is -0.117. The molecule has 0 aromatic carbocycles. The summed E-state index contributed by atoms with van der Waals surface area (Å²) in [7, 11) is 0. The van der Waals surface area contributed by atoms with Crippen LogP contribution in [0.4, 0.5) is 46.5 Å². The summed E-state index contributed by atoms with van der Waals surface area (Å²) in [5.41, 5.74) is -1.05. The number of nitrogens with zero attached hydrogens (tertiary/aromatic N) is 7. The van der Waals surface area contributed by atoms with Crippen LogP contribution in [-0.4, -0.2) is 102 Å². The van der Waals surface area contributed by atoms with Crippen LogP contribution in [0.15, 0.2) is 109 Å². The van der Waals surface area contributed by atoms with Crippen molar-refractivity contribution < 1.29 is 52.6 Å². The van der Waals surface area contributed by atoms with E-state index < -0.39 is 35.4 Å². The molecule has 0 aliphatic heterocycles. The zero-order valence-electron chi connectivity index (χ0n) is 69.9. The number of pyridine rings is 7. The van der Waals surface area contributed by atoms with Gasteiger partial charge in [0, 0.05) is 49.2 Å². The number of hydrogen-bond donors (Lipinski definition) is 8. The lowest BCUT2D eigenvalue weighted by atomic mass is 10.1. The molecule has 26 nitrogen and oxygen atoms in total. The van der Waals surface area contributed by atoms with Crippen LogP contribution in [0.1, 0.15) is 354 Å². The highest BCUT2D eigenvalue weighted by Crippen LogP contribution is 2.26. The minimum absolute atomic E-state index is 0.000833. The number of aromatic nitrogens is 7. The van der Waals surface area contributed by atoms with Crippen molar-refractivity contribution in [2.24, 2.45) is 0 Å². The average Bonchev–Trinajstić information content (AvgIpc) is 0.830. The minimum atomic E-state index is -0.776. The van der Waals surface area contributed by atoms with Gasteiger partial charge in [0.15, 0.2) is 0 Å². The molecule has 0 atom stereocenters. The first-order valence-electron chi connectivity index (χ1n) is 43.4. The molecule has 8 amide bonds. The van der Waals surface area contributed by atoms with Crippen LogP contribution < -0.4 is 56.7 Å². The zero-order valence-corrected chi connectivity index (χ0v) is 69.9. The first kappa shape index (κ1) is 93.4. The number of hydrogen-bond acceptors (Lipinski definition) is 18. The number of carbonyl (C=O) groups is 8. The zero-order chi connectivity index (χ0) is 83.3. The number of rotatable bonds is 60. The van der Waals surface area contributed by atoms with E-state index in [-0.39, 0.29) is 116 Å². The predicted octanol–water partition coefficient (Wildman–Crippen LogP) is 21.7. The molecule has 7 aromatic rings. The highest BCUT2D eigenvalue weighted by molar-refractivity contribution is 6.09. The first-order chi connectivity index (χ1) is 57.1. The fourth-order valence-electron chi connectivity index (χ4n) is 13.0. The van der Waals surface area contributed by atoms with Crippen LogP contribution in [0.5, 0.6) is 17.2 Å². The van der Waals surface area contributed by atoms with Gasteiger partial charge in [0.1, 0.15) is 98.0 Å². The van der Waals surface area contributed by atoms with Crippen molar-refractivity contribution in [3.05, 3.63) is 143 Å². The van der Waals surface area contributed by atoms with Gasteiger partial charge in [-0.1, -0.05) is 271 Å². The quantitative estimate of drug-likeness (QED) is 0.0164. The average molecular weight is 1610 g/mol. The van der Waals surface area contributed by atoms with Gasteiger partial charge in [0.05, 0.1) is 19.8 Å². The summed E-state index contributed by atoms with van der Waals surface area (Å²) in [6.45, 7) is 11.9. The van der Waals surface area contributed by atoms with Crippen LogP contribution in [0.2, 0.25) is 0 Å². The summed E-state index contributed by atoms with van der Waals surface area (Å²) in [6.07, 6.45) is 41.5. The van der Waals surface area contributed by atoms with Crippen LogP contribution in [0.3, 0.4) is 0 Å². The number of nitrogens with one attached hydrogen (secondary N) is 8. The Morgan fingerprint density at radius 1 is 0.222 bits per heavy atom. The smallest absolute Gasteiger partial charge is 0.275 e. The Labute approximate surface area is 692 Å². The van der Waals surface area contributed by atoms with E-state index in [1.54, 1.807) is 48.5 Å². The van der Waals surface area contributed by atoms with Crippen molar-refractivity contribution >= 4 is 93.8 Å². The van der Waals surface area contributed by atoms with Crippen LogP contribution in [0.25, 0.3) is 0 Å². The molecular weight excluding hydrogens is 1480 g/mol. The Kier molecular flexibility index (Phi) is 44.5. The second kappa shape index (κ2) is 55.7. The Hall–Kier alpha value is -10.8. The van der Waals surface area contributed by atoms with Crippen molar-refractivity contribution in [1.29, 1.82) is 0 Å². The van der Waals surface area contributed by atoms with Gasteiger partial charge in [0.25, 0.3) is 35.4 Å². The summed E-state index contributed by atoms with van der Waals surface area (Å²) in [5, 5.41) is 22.1. The van der Waals surface area contributed by atoms with Gasteiger partial charge in [-0.2, -0.15) is 0 Å². The molecule has 7 heterocycles. The molecular formula is C91H127N15O11. The van der Waals surface area contributed by atoms with E-state index in [2.05, 4.69) is 112 Å². The number of anilines is 8. The van der Waals surface area contributed by atoms with E-state index in [9.17, 15) is 38.4 Å². The lowest BCUT2D eigenvalue weighted by Crippen LogP contribution is -2.21. The van der Waals surface area contributed by atoms with Crippen molar-refractivity contribution in [2.75, 3.05) is 62.4 Å². The van der Waals surface area contributed by atoms with Crippen LogP contribution >= 0.6 is 0 Å².